The molecule has 0 bridgehead atoms. The lowest BCUT2D eigenvalue weighted by atomic mass is 10.0. The maximum absolute atomic E-state index is 13.1. The summed E-state index contributed by atoms with van der Waals surface area (Å²) in [6.45, 7) is 0.335. The Morgan fingerprint density at radius 2 is 1.62 bits per heavy atom. The van der Waals surface area contributed by atoms with Crippen LogP contribution in [0.25, 0.3) is 0 Å². The fourth-order valence-corrected chi connectivity index (χ4v) is 5.18. The van der Waals surface area contributed by atoms with Crippen LogP contribution in [-0.2, 0) is 22.6 Å². The molecule has 3 aromatic carbocycles. The number of hydrogen-bond donors (Lipinski definition) is 1. The topological polar surface area (TPSA) is 66.5 Å². The van der Waals surface area contributed by atoms with Gasteiger partial charge in [0.25, 0.3) is 15.9 Å². The normalized spacial score (nSPS) is 14.0. The second kappa shape index (κ2) is 8.31. The summed E-state index contributed by atoms with van der Waals surface area (Å²) in [5.74, 6) is -0.490. The number of halogens is 3. The molecular formula is C23H19F3N2O3S. The van der Waals surface area contributed by atoms with E-state index >= 15 is 0 Å². The van der Waals surface area contributed by atoms with E-state index in [2.05, 4.69) is 5.32 Å². The molecule has 0 radical (unpaired) electrons. The molecule has 1 aliphatic rings. The molecule has 1 heterocycles. The van der Waals surface area contributed by atoms with Crippen molar-refractivity contribution >= 4 is 27.3 Å². The first-order valence-electron chi connectivity index (χ1n) is 9.85. The molecule has 0 saturated carbocycles. The highest BCUT2D eigenvalue weighted by atomic mass is 32.2. The summed E-state index contributed by atoms with van der Waals surface area (Å²) >= 11 is 0. The molecule has 5 nitrogen and oxygen atoms in total. The number of alkyl halides is 3. The van der Waals surface area contributed by atoms with Crippen molar-refractivity contribution in [1.82, 2.24) is 0 Å². The van der Waals surface area contributed by atoms with Gasteiger partial charge in [0.1, 0.15) is 0 Å². The largest absolute Gasteiger partial charge is 0.416 e. The van der Waals surface area contributed by atoms with Gasteiger partial charge in [-0.1, -0.05) is 18.2 Å². The van der Waals surface area contributed by atoms with Crippen molar-refractivity contribution in [1.29, 1.82) is 0 Å². The number of sulfonamides is 1. The van der Waals surface area contributed by atoms with E-state index in [1.54, 1.807) is 30.3 Å². The smallest absolute Gasteiger partial charge is 0.322 e. The molecule has 0 aliphatic carbocycles. The van der Waals surface area contributed by atoms with Gasteiger partial charge in [0.2, 0.25) is 0 Å². The molecule has 0 fully saturated rings. The summed E-state index contributed by atoms with van der Waals surface area (Å²) in [4.78, 5) is 12.8. The first-order valence-corrected chi connectivity index (χ1v) is 11.3. The minimum Gasteiger partial charge on any atom is -0.322 e. The molecule has 166 valence electrons. The Morgan fingerprint density at radius 1 is 0.938 bits per heavy atom. The third-order valence-corrected chi connectivity index (χ3v) is 7.05. The van der Waals surface area contributed by atoms with Gasteiger partial charge in [-0.2, -0.15) is 13.2 Å². The number of carbonyl (C=O) groups excluding carboxylic acids is 1. The van der Waals surface area contributed by atoms with Crippen LogP contribution in [0.5, 0.6) is 0 Å². The molecule has 0 unspecified atom stereocenters. The van der Waals surface area contributed by atoms with Gasteiger partial charge in [-0.15, -0.1) is 0 Å². The number of amides is 1. The number of nitrogens with one attached hydrogen (secondary N) is 1. The third-order valence-electron chi connectivity index (χ3n) is 5.22. The van der Waals surface area contributed by atoms with Crippen LogP contribution in [0, 0.1) is 0 Å². The van der Waals surface area contributed by atoms with Gasteiger partial charge in [-0.05, 0) is 73.0 Å². The second-order valence-corrected chi connectivity index (χ2v) is 9.23. The van der Waals surface area contributed by atoms with Crippen LogP contribution in [0.3, 0.4) is 0 Å². The Kier molecular flexibility index (Phi) is 5.68. The van der Waals surface area contributed by atoms with Crippen molar-refractivity contribution in [3.8, 4) is 0 Å². The zero-order valence-electron chi connectivity index (χ0n) is 16.8. The van der Waals surface area contributed by atoms with Crippen LogP contribution in [0.1, 0.15) is 27.9 Å². The highest BCUT2D eigenvalue weighted by Crippen LogP contribution is 2.33. The minimum atomic E-state index is -4.45. The zero-order valence-corrected chi connectivity index (χ0v) is 17.6. The number of rotatable bonds is 4. The predicted molar refractivity (Wildman–Crippen MR) is 115 cm³/mol. The highest BCUT2D eigenvalue weighted by molar-refractivity contribution is 7.92. The molecular weight excluding hydrogens is 441 g/mol. The Labute approximate surface area is 183 Å². The van der Waals surface area contributed by atoms with Crippen LogP contribution in [0.15, 0.2) is 77.7 Å². The van der Waals surface area contributed by atoms with E-state index in [0.29, 0.717) is 30.6 Å². The van der Waals surface area contributed by atoms with Crippen LogP contribution >= 0.6 is 0 Å². The molecule has 1 N–H and O–H groups in total. The summed E-state index contributed by atoms with van der Waals surface area (Å²) in [5.41, 5.74) is 0.961. The van der Waals surface area contributed by atoms with E-state index < -0.39 is 27.7 Å². The number of nitrogens with zero attached hydrogens (tertiary/aromatic N) is 1. The molecule has 9 heteroatoms. The molecule has 0 saturated heterocycles. The summed E-state index contributed by atoms with van der Waals surface area (Å²) in [5, 5.41) is 2.57. The number of anilines is 2. The van der Waals surface area contributed by atoms with E-state index in [-0.39, 0.29) is 10.6 Å². The molecule has 1 aliphatic heterocycles. The number of carbonyl (C=O) groups is 1. The Hall–Kier alpha value is -3.33. The lowest BCUT2D eigenvalue weighted by molar-refractivity contribution is -0.137. The first kappa shape index (κ1) is 21.9. The van der Waals surface area contributed by atoms with Gasteiger partial charge in [0.15, 0.2) is 0 Å². The number of aryl methyl sites for hydroxylation is 1. The maximum Gasteiger partial charge on any atom is 0.416 e. The lowest BCUT2D eigenvalue weighted by Crippen LogP contribution is -2.35. The standard InChI is InChI=1S/C23H19F3N2O3S/c24-23(25,26)18-9-11-19(12-10-18)27-22(29)17-8-13-21-16(15-17)5-4-14-28(21)32(30,31)20-6-2-1-3-7-20/h1-3,6-13,15H,4-5,14H2,(H,27,29). The molecule has 32 heavy (non-hydrogen) atoms. The monoisotopic (exact) mass is 460 g/mol. The molecule has 0 aromatic heterocycles. The Bertz CT molecular complexity index is 1240. The fourth-order valence-electron chi connectivity index (χ4n) is 3.62. The van der Waals surface area contributed by atoms with Crippen LogP contribution in [0.4, 0.5) is 24.5 Å². The van der Waals surface area contributed by atoms with Crippen molar-refractivity contribution < 1.29 is 26.4 Å². The average molecular weight is 460 g/mol. The van der Waals surface area contributed by atoms with Gasteiger partial charge >= 0.3 is 6.18 Å². The van der Waals surface area contributed by atoms with Crippen molar-refractivity contribution in [2.24, 2.45) is 0 Å². The third kappa shape index (κ3) is 4.34. The summed E-state index contributed by atoms with van der Waals surface area (Å²) in [7, 11) is -3.73. The lowest BCUT2D eigenvalue weighted by Gasteiger charge is -2.30. The number of hydrogen-bond acceptors (Lipinski definition) is 3. The molecule has 0 spiro atoms. The quantitative estimate of drug-likeness (QED) is 0.589. The van der Waals surface area contributed by atoms with Crippen molar-refractivity contribution in [3.63, 3.8) is 0 Å². The van der Waals surface area contributed by atoms with Gasteiger partial charge in [0.05, 0.1) is 16.1 Å². The van der Waals surface area contributed by atoms with E-state index in [9.17, 15) is 26.4 Å². The van der Waals surface area contributed by atoms with E-state index in [1.807, 2.05) is 0 Å². The van der Waals surface area contributed by atoms with Crippen LogP contribution in [0.2, 0.25) is 0 Å². The first-order chi connectivity index (χ1) is 15.2. The zero-order chi connectivity index (χ0) is 22.9. The van der Waals surface area contributed by atoms with Crippen LogP contribution in [-0.4, -0.2) is 20.9 Å². The minimum absolute atomic E-state index is 0.192. The summed E-state index contributed by atoms with van der Waals surface area (Å²) < 4.78 is 65.6. The fraction of sp³-hybridized carbons (Fsp3) is 0.174. The van der Waals surface area contributed by atoms with Gasteiger partial charge in [-0.25, -0.2) is 8.42 Å². The molecule has 0 atom stereocenters. The van der Waals surface area contributed by atoms with Crippen molar-refractivity contribution in [2.45, 2.75) is 23.9 Å². The maximum atomic E-state index is 13.1. The Balaban J connectivity index is 1.57. The van der Waals surface area contributed by atoms with E-state index in [1.165, 1.54) is 34.6 Å². The van der Waals surface area contributed by atoms with E-state index in [0.717, 1.165) is 17.7 Å². The van der Waals surface area contributed by atoms with E-state index in [4.69, 9.17) is 0 Å². The van der Waals surface area contributed by atoms with Crippen molar-refractivity contribution in [3.05, 3.63) is 89.5 Å². The van der Waals surface area contributed by atoms with Gasteiger partial charge in [0, 0.05) is 17.8 Å². The van der Waals surface area contributed by atoms with Crippen molar-refractivity contribution in [2.75, 3.05) is 16.2 Å². The molecule has 3 aromatic rings. The summed E-state index contributed by atoms with van der Waals surface area (Å²) in [6, 6.07) is 17.0. The number of benzene rings is 3. The van der Waals surface area contributed by atoms with Gasteiger partial charge < -0.3 is 5.32 Å². The second-order valence-electron chi connectivity index (χ2n) is 7.37. The SMILES string of the molecule is O=C(Nc1ccc(C(F)(F)F)cc1)c1ccc2c(c1)CCCN2S(=O)(=O)c1ccccc1. The highest BCUT2D eigenvalue weighted by Gasteiger charge is 2.31. The Morgan fingerprint density at radius 3 is 2.28 bits per heavy atom. The average Bonchev–Trinajstić information content (AvgIpc) is 2.78. The predicted octanol–water partition coefficient (Wildman–Crippen LogP) is 5.10. The summed E-state index contributed by atoms with van der Waals surface area (Å²) in [6.07, 6.45) is -3.24. The number of fused-ring (bicyclic) bond motifs is 1. The van der Waals surface area contributed by atoms with Crippen LogP contribution < -0.4 is 9.62 Å². The molecule has 1 amide bonds. The van der Waals surface area contributed by atoms with Gasteiger partial charge in [-0.3, -0.25) is 9.10 Å². The molecule has 4 rings (SSSR count).